The van der Waals surface area contributed by atoms with Gasteiger partial charge in [-0.05, 0) is 42.9 Å². The van der Waals surface area contributed by atoms with Crippen LogP contribution >= 0.6 is 15.9 Å². The molecule has 0 radical (unpaired) electrons. The fourth-order valence-corrected chi connectivity index (χ4v) is 3.31. The lowest BCUT2D eigenvalue weighted by molar-refractivity contribution is -0.148. The highest BCUT2D eigenvalue weighted by Crippen LogP contribution is 2.49. The van der Waals surface area contributed by atoms with E-state index in [4.69, 9.17) is 5.11 Å². The molecule has 0 aromatic heterocycles. The second kappa shape index (κ2) is 5.20. The molecule has 106 valence electrons. The van der Waals surface area contributed by atoms with Crippen LogP contribution in [0.5, 0.6) is 0 Å². The average molecular weight is 338 g/mol. The molecule has 1 amide bonds. The summed E-state index contributed by atoms with van der Waals surface area (Å²) in [4.78, 5) is 25.1. The molecule has 0 bridgehead atoms. The maximum absolute atomic E-state index is 12.4. The number of carbonyl (C=O) groups is 2. The monoisotopic (exact) mass is 337 g/mol. The van der Waals surface area contributed by atoms with Gasteiger partial charge < -0.3 is 10.0 Å². The Balaban J connectivity index is 1.68. The van der Waals surface area contributed by atoms with E-state index in [1.54, 1.807) is 4.90 Å². The summed E-state index contributed by atoms with van der Waals surface area (Å²) in [5.74, 6) is -0.638. The quantitative estimate of drug-likeness (QED) is 0.922. The second-order valence-electron chi connectivity index (χ2n) is 5.53. The highest BCUT2D eigenvalue weighted by Gasteiger charge is 2.48. The smallest absolute Gasteiger partial charge is 0.326 e. The van der Waals surface area contributed by atoms with Crippen molar-refractivity contribution in [3.05, 3.63) is 34.3 Å². The molecule has 1 aromatic rings. The number of hydrogen-bond donors (Lipinski definition) is 1. The van der Waals surface area contributed by atoms with Gasteiger partial charge in [-0.2, -0.15) is 0 Å². The Labute approximate surface area is 125 Å². The lowest BCUT2D eigenvalue weighted by Crippen LogP contribution is -2.41. The zero-order valence-corrected chi connectivity index (χ0v) is 12.5. The zero-order chi connectivity index (χ0) is 14.3. The second-order valence-corrected chi connectivity index (χ2v) is 6.44. The minimum absolute atomic E-state index is 0.0165. The summed E-state index contributed by atoms with van der Waals surface area (Å²) in [6.45, 7) is 0.583. The Hall–Kier alpha value is -1.36. The van der Waals surface area contributed by atoms with E-state index in [1.807, 2.05) is 24.3 Å². The molecular formula is C15H16BrNO3. The minimum atomic E-state index is -0.878. The van der Waals surface area contributed by atoms with Gasteiger partial charge in [-0.1, -0.05) is 28.1 Å². The molecule has 5 heteroatoms. The summed E-state index contributed by atoms with van der Waals surface area (Å²) in [5.41, 5.74) is 1.16. The van der Waals surface area contributed by atoms with Crippen LogP contribution in [-0.4, -0.2) is 34.5 Å². The molecule has 2 fully saturated rings. The molecule has 20 heavy (non-hydrogen) atoms. The van der Waals surface area contributed by atoms with E-state index in [-0.39, 0.29) is 17.7 Å². The molecule has 1 saturated heterocycles. The van der Waals surface area contributed by atoms with Crippen LogP contribution in [0.25, 0.3) is 0 Å². The van der Waals surface area contributed by atoms with E-state index in [0.29, 0.717) is 13.0 Å². The number of carboxylic acids is 1. The van der Waals surface area contributed by atoms with Crippen molar-refractivity contribution in [1.82, 2.24) is 4.90 Å². The zero-order valence-electron chi connectivity index (χ0n) is 11.0. The molecule has 3 rings (SSSR count). The summed E-state index contributed by atoms with van der Waals surface area (Å²) in [6.07, 6.45) is 2.21. The van der Waals surface area contributed by atoms with Gasteiger partial charge in [-0.15, -0.1) is 0 Å². The van der Waals surface area contributed by atoms with Crippen LogP contribution in [-0.2, 0) is 9.59 Å². The third-order valence-corrected chi connectivity index (χ3v) is 4.76. The van der Waals surface area contributed by atoms with Crippen molar-refractivity contribution in [2.75, 3.05) is 6.54 Å². The molecule has 0 unspecified atom stereocenters. The number of aliphatic carboxylic acids is 1. The Bertz CT molecular complexity index is 543. The van der Waals surface area contributed by atoms with E-state index >= 15 is 0 Å². The predicted octanol–water partition coefficient (Wildman–Crippen LogP) is 2.63. The van der Waals surface area contributed by atoms with Gasteiger partial charge in [0.2, 0.25) is 5.91 Å². The fourth-order valence-electron chi connectivity index (χ4n) is 3.05. The van der Waals surface area contributed by atoms with Crippen molar-refractivity contribution < 1.29 is 14.7 Å². The maximum atomic E-state index is 12.4. The molecule has 1 aliphatic heterocycles. The van der Waals surface area contributed by atoms with Gasteiger partial charge in [0.1, 0.15) is 6.04 Å². The molecule has 3 atom stereocenters. The summed E-state index contributed by atoms with van der Waals surface area (Å²) >= 11 is 3.40. The van der Waals surface area contributed by atoms with Crippen molar-refractivity contribution in [3.8, 4) is 0 Å². The van der Waals surface area contributed by atoms with Gasteiger partial charge in [-0.3, -0.25) is 4.79 Å². The standard InChI is InChI=1S/C15H16BrNO3/c16-10-5-3-9(4-6-10)11-8-12(11)14(18)17-7-1-2-13(17)15(19)20/h3-6,11-13H,1-2,7-8H2,(H,19,20)/t11-,12+,13-/m0/s1. The maximum Gasteiger partial charge on any atom is 0.326 e. The Morgan fingerprint density at radius 2 is 1.95 bits per heavy atom. The fraction of sp³-hybridized carbons (Fsp3) is 0.467. The van der Waals surface area contributed by atoms with Gasteiger partial charge in [0.25, 0.3) is 0 Å². The number of benzene rings is 1. The summed E-state index contributed by atoms with van der Waals surface area (Å²) in [5, 5.41) is 9.15. The van der Waals surface area contributed by atoms with Gasteiger partial charge in [-0.25, -0.2) is 4.79 Å². The number of carbonyl (C=O) groups excluding carboxylic acids is 1. The van der Waals surface area contributed by atoms with Crippen molar-refractivity contribution in [2.45, 2.75) is 31.2 Å². The Morgan fingerprint density at radius 3 is 2.60 bits per heavy atom. The molecule has 1 aromatic carbocycles. The number of hydrogen-bond acceptors (Lipinski definition) is 2. The highest BCUT2D eigenvalue weighted by atomic mass is 79.9. The van der Waals surface area contributed by atoms with Crippen LogP contribution in [0.3, 0.4) is 0 Å². The molecule has 1 aliphatic carbocycles. The van der Waals surface area contributed by atoms with Crippen LogP contribution in [0.4, 0.5) is 0 Å². The number of nitrogens with zero attached hydrogens (tertiary/aromatic N) is 1. The Morgan fingerprint density at radius 1 is 1.25 bits per heavy atom. The number of carboxylic acid groups (broad SMARTS) is 1. The van der Waals surface area contributed by atoms with E-state index < -0.39 is 12.0 Å². The molecule has 1 N–H and O–H groups in total. The summed E-state index contributed by atoms with van der Waals surface area (Å²) < 4.78 is 1.02. The highest BCUT2D eigenvalue weighted by molar-refractivity contribution is 9.10. The topological polar surface area (TPSA) is 57.6 Å². The van der Waals surface area contributed by atoms with Crippen LogP contribution in [0.15, 0.2) is 28.7 Å². The van der Waals surface area contributed by atoms with Crippen LogP contribution in [0.1, 0.15) is 30.7 Å². The van der Waals surface area contributed by atoms with Crippen molar-refractivity contribution in [3.63, 3.8) is 0 Å². The number of likely N-dealkylation sites (tertiary alicyclic amines) is 1. The molecular weight excluding hydrogens is 322 g/mol. The van der Waals surface area contributed by atoms with Crippen molar-refractivity contribution in [2.24, 2.45) is 5.92 Å². The molecule has 0 spiro atoms. The predicted molar refractivity (Wildman–Crippen MR) is 77.4 cm³/mol. The van der Waals surface area contributed by atoms with Crippen LogP contribution < -0.4 is 0 Å². The third-order valence-electron chi connectivity index (χ3n) is 4.23. The average Bonchev–Trinajstić information content (AvgIpc) is 3.06. The normalized spacial score (nSPS) is 28.4. The molecule has 1 heterocycles. The Kier molecular flexibility index (Phi) is 3.54. The number of rotatable bonds is 3. The van der Waals surface area contributed by atoms with Crippen molar-refractivity contribution in [1.29, 1.82) is 0 Å². The van der Waals surface area contributed by atoms with E-state index in [2.05, 4.69) is 15.9 Å². The van der Waals surface area contributed by atoms with Gasteiger partial charge in [0.15, 0.2) is 0 Å². The summed E-state index contributed by atoms with van der Waals surface area (Å²) in [6, 6.07) is 7.39. The van der Waals surface area contributed by atoms with E-state index in [1.165, 1.54) is 0 Å². The molecule has 2 aliphatic rings. The largest absolute Gasteiger partial charge is 0.480 e. The van der Waals surface area contributed by atoms with Crippen LogP contribution in [0.2, 0.25) is 0 Å². The first-order valence-electron chi connectivity index (χ1n) is 6.86. The van der Waals surface area contributed by atoms with Gasteiger partial charge >= 0.3 is 5.97 Å². The number of halogens is 1. The first kappa shape index (κ1) is 13.6. The van der Waals surface area contributed by atoms with Crippen molar-refractivity contribution >= 4 is 27.8 Å². The SMILES string of the molecule is O=C(O)[C@@H]1CCCN1C(=O)[C@@H]1C[C@H]1c1ccc(Br)cc1. The lowest BCUT2D eigenvalue weighted by atomic mass is 10.1. The summed E-state index contributed by atoms with van der Waals surface area (Å²) in [7, 11) is 0. The van der Waals surface area contributed by atoms with Gasteiger partial charge in [0, 0.05) is 16.9 Å². The lowest BCUT2D eigenvalue weighted by Gasteiger charge is -2.21. The molecule has 1 saturated carbocycles. The minimum Gasteiger partial charge on any atom is -0.480 e. The first-order chi connectivity index (χ1) is 9.58. The van der Waals surface area contributed by atoms with Gasteiger partial charge in [0.05, 0.1) is 0 Å². The van der Waals surface area contributed by atoms with Crippen LogP contribution in [0, 0.1) is 5.92 Å². The molecule has 4 nitrogen and oxygen atoms in total. The van der Waals surface area contributed by atoms with E-state index in [0.717, 1.165) is 22.9 Å². The number of amides is 1. The first-order valence-corrected chi connectivity index (χ1v) is 7.66. The third kappa shape index (κ3) is 2.46. The van der Waals surface area contributed by atoms with E-state index in [9.17, 15) is 9.59 Å².